The van der Waals surface area contributed by atoms with Crippen LogP contribution in [0.5, 0.6) is 0 Å². The topological polar surface area (TPSA) is 117 Å². The highest BCUT2D eigenvalue weighted by Gasteiger charge is 2.50. The molecule has 1 aliphatic rings. The maximum atomic E-state index is 12.4. The molecule has 9 nitrogen and oxygen atoms in total. The van der Waals surface area contributed by atoms with E-state index in [0.717, 1.165) is 0 Å². The van der Waals surface area contributed by atoms with Gasteiger partial charge in [-0.3, -0.25) is 14.3 Å². The minimum Gasteiger partial charge on any atom is -0.411 e. The molecule has 3 heterocycles. The van der Waals surface area contributed by atoms with Crippen LogP contribution in [-0.4, -0.2) is 54.5 Å². The number of imidazole rings is 1. The summed E-state index contributed by atoms with van der Waals surface area (Å²) in [4.78, 5) is 23.5. The molecule has 11 heteroatoms. The van der Waals surface area contributed by atoms with Gasteiger partial charge in [-0.1, -0.05) is 47.6 Å². The molecule has 0 spiro atoms. The lowest BCUT2D eigenvalue weighted by Crippen LogP contribution is -2.52. The second kappa shape index (κ2) is 9.82. The second-order valence-corrected chi connectivity index (χ2v) is 22.4. The van der Waals surface area contributed by atoms with Gasteiger partial charge in [-0.05, 0) is 42.7 Å². The largest absolute Gasteiger partial charge is 0.411 e. The Labute approximate surface area is 217 Å². The Balaban J connectivity index is 2.03. The Morgan fingerprint density at radius 2 is 1.83 bits per heavy atom. The van der Waals surface area contributed by atoms with Gasteiger partial charge in [-0.15, -0.1) is 6.58 Å². The number of ether oxygens (including phenoxy) is 1. The molecule has 1 saturated heterocycles. The van der Waals surface area contributed by atoms with Gasteiger partial charge in [0, 0.05) is 6.42 Å². The van der Waals surface area contributed by atoms with Crippen LogP contribution in [-0.2, 0) is 13.6 Å². The van der Waals surface area contributed by atoms with E-state index in [1.54, 1.807) is 10.9 Å². The number of rotatable bonds is 8. The molecule has 1 unspecified atom stereocenters. The zero-order valence-corrected chi connectivity index (χ0v) is 25.6. The molecule has 1 aliphatic heterocycles. The van der Waals surface area contributed by atoms with Gasteiger partial charge in [0.15, 0.2) is 27.8 Å². The van der Waals surface area contributed by atoms with Gasteiger partial charge < -0.3 is 19.3 Å². The summed E-state index contributed by atoms with van der Waals surface area (Å²) in [5.74, 6) is 0.0451. The number of nitrogens with zero attached hydrogens (tertiary/aromatic N) is 3. The van der Waals surface area contributed by atoms with E-state index in [-0.39, 0.29) is 45.4 Å². The number of anilines is 1. The molecular weight excluding hydrogens is 490 g/mol. The van der Waals surface area contributed by atoms with E-state index >= 15 is 0 Å². The smallest absolute Gasteiger partial charge is 0.280 e. The number of fused-ring (bicyclic) bond motifs is 1. The van der Waals surface area contributed by atoms with Gasteiger partial charge in [0.25, 0.3) is 5.56 Å². The van der Waals surface area contributed by atoms with Crippen molar-refractivity contribution in [2.45, 2.75) is 115 Å². The van der Waals surface area contributed by atoms with Crippen molar-refractivity contribution in [3.8, 4) is 0 Å². The number of nitrogen functional groups attached to an aromatic ring is 1. The summed E-state index contributed by atoms with van der Waals surface area (Å²) in [6.07, 6.45) is 3.60. The highest BCUT2D eigenvalue weighted by molar-refractivity contribution is 6.74. The Kier molecular flexibility index (Phi) is 7.85. The highest BCUT2D eigenvalue weighted by Crippen LogP contribution is 2.44. The van der Waals surface area contributed by atoms with Crippen LogP contribution < -0.4 is 11.3 Å². The first-order valence-corrected chi connectivity index (χ1v) is 18.5. The molecule has 2 aromatic rings. The van der Waals surface area contributed by atoms with Crippen molar-refractivity contribution in [2.24, 2.45) is 0 Å². The summed E-state index contributed by atoms with van der Waals surface area (Å²) >= 11 is 0. The number of hydrogen-bond donors (Lipinski definition) is 2. The van der Waals surface area contributed by atoms with E-state index < -0.39 is 22.9 Å². The quantitative estimate of drug-likeness (QED) is 0.346. The lowest BCUT2D eigenvalue weighted by Gasteiger charge is -2.43. The lowest BCUT2D eigenvalue weighted by molar-refractivity contribution is -0.0731. The predicted octanol–water partition coefficient (Wildman–Crippen LogP) is 5.35. The maximum Gasteiger partial charge on any atom is 0.280 e. The van der Waals surface area contributed by atoms with Crippen molar-refractivity contribution in [3.05, 3.63) is 29.3 Å². The molecule has 3 N–H and O–H groups in total. The number of nitrogens with two attached hydrogens (primary N) is 1. The average molecular weight is 536 g/mol. The van der Waals surface area contributed by atoms with Crippen LogP contribution in [0.3, 0.4) is 0 Å². The summed E-state index contributed by atoms with van der Waals surface area (Å²) in [7, 11) is -4.24. The van der Waals surface area contributed by atoms with Gasteiger partial charge in [0.2, 0.25) is 5.95 Å². The molecule has 36 heavy (non-hydrogen) atoms. The lowest BCUT2D eigenvalue weighted by atomic mass is 10.1. The second-order valence-electron chi connectivity index (χ2n) is 12.9. The number of hydrogen-bond acceptors (Lipinski definition) is 7. The highest BCUT2D eigenvalue weighted by atomic mass is 28.4. The fourth-order valence-electron chi connectivity index (χ4n) is 3.96. The molecule has 2 aromatic heterocycles. The maximum absolute atomic E-state index is 12.4. The third-order valence-corrected chi connectivity index (χ3v) is 17.2. The van der Waals surface area contributed by atoms with Crippen LogP contribution >= 0.6 is 0 Å². The van der Waals surface area contributed by atoms with Crippen LogP contribution in [0.2, 0.25) is 36.3 Å². The minimum absolute atomic E-state index is 0.0366. The van der Waals surface area contributed by atoms with Crippen molar-refractivity contribution in [3.63, 3.8) is 0 Å². The average Bonchev–Trinajstić information content (AvgIpc) is 3.29. The number of H-pyrrole nitrogens is 1. The summed E-state index contributed by atoms with van der Waals surface area (Å²) in [5.41, 5.74) is 6.11. The third kappa shape index (κ3) is 5.69. The Morgan fingerprint density at radius 3 is 2.39 bits per heavy atom. The normalized spacial score (nSPS) is 22.8. The van der Waals surface area contributed by atoms with Gasteiger partial charge in [0.05, 0.1) is 18.5 Å². The molecule has 3 rings (SSSR count). The number of aromatic amines is 1. The monoisotopic (exact) mass is 535 g/mol. The molecule has 0 aliphatic carbocycles. The molecule has 0 bridgehead atoms. The van der Waals surface area contributed by atoms with E-state index in [1.807, 2.05) is 6.08 Å². The van der Waals surface area contributed by atoms with Crippen LogP contribution in [0.15, 0.2) is 23.8 Å². The summed E-state index contributed by atoms with van der Waals surface area (Å²) < 4.78 is 22.4. The molecular formula is C25H45N5O4Si2. The fourth-order valence-corrected chi connectivity index (χ4v) is 6.64. The van der Waals surface area contributed by atoms with Gasteiger partial charge >= 0.3 is 0 Å². The molecule has 4 atom stereocenters. The molecule has 0 saturated carbocycles. The first-order valence-electron chi connectivity index (χ1n) is 12.7. The van der Waals surface area contributed by atoms with Crippen molar-refractivity contribution in [2.75, 3.05) is 5.73 Å². The van der Waals surface area contributed by atoms with Crippen molar-refractivity contribution >= 4 is 33.7 Å². The SMILES string of the molecule is C=CCC(O[Si](C)(C)C(C)(C)C)[C@H]1O[C@H](n2cnc3c(=O)[nH]c(N)nc32)C[C@@H]1O[Si](C)(C)C(C)(C)C. The van der Waals surface area contributed by atoms with Gasteiger partial charge in [-0.25, -0.2) is 4.98 Å². The van der Waals surface area contributed by atoms with E-state index in [1.165, 1.54) is 0 Å². The van der Waals surface area contributed by atoms with E-state index in [9.17, 15) is 4.79 Å². The van der Waals surface area contributed by atoms with E-state index in [2.05, 4.69) is 89.3 Å². The number of nitrogens with one attached hydrogen (secondary N) is 1. The van der Waals surface area contributed by atoms with Crippen molar-refractivity contribution < 1.29 is 13.6 Å². The fraction of sp³-hybridized carbons (Fsp3) is 0.720. The van der Waals surface area contributed by atoms with Crippen LogP contribution in [0.1, 0.15) is 60.6 Å². The Morgan fingerprint density at radius 1 is 1.22 bits per heavy atom. The first-order chi connectivity index (χ1) is 16.4. The summed E-state index contributed by atoms with van der Waals surface area (Å²) in [6.45, 7) is 26.4. The Hall–Kier alpha value is -1.80. The summed E-state index contributed by atoms with van der Waals surface area (Å²) in [6, 6.07) is 0. The first kappa shape index (κ1) is 28.8. The minimum atomic E-state index is -2.13. The van der Waals surface area contributed by atoms with E-state index in [4.69, 9.17) is 19.3 Å². The zero-order chi connectivity index (χ0) is 27.3. The van der Waals surface area contributed by atoms with Crippen LogP contribution in [0.25, 0.3) is 11.2 Å². The van der Waals surface area contributed by atoms with E-state index in [0.29, 0.717) is 18.5 Å². The molecule has 1 fully saturated rings. The third-order valence-electron chi connectivity index (χ3n) is 8.15. The summed E-state index contributed by atoms with van der Waals surface area (Å²) in [5, 5.41) is 0.0814. The van der Waals surface area contributed by atoms with Gasteiger partial charge in [0.1, 0.15) is 12.3 Å². The molecule has 202 valence electrons. The zero-order valence-electron chi connectivity index (χ0n) is 23.6. The molecule has 0 aromatic carbocycles. The number of aromatic nitrogens is 4. The van der Waals surface area contributed by atoms with Crippen molar-refractivity contribution in [1.29, 1.82) is 0 Å². The predicted molar refractivity (Wildman–Crippen MR) is 150 cm³/mol. The standard InChI is InChI=1S/C25H45N5O4Si2/c1-12-13-16(33-35(8,9)24(2,3)4)20-17(34-36(10,11)25(5,6)7)14-18(32-20)30-15-27-19-21(30)28-23(26)29-22(19)31/h12,15-18,20H,1,13-14H2,2-11H3,(H3,26,28,29,31)/t16?,17-,18-,20+/m0/s1. The Bertz CT molecular complexity index is 1150. The molecule has 0 amide bonds. The van der Waals surface area contributed by atoms with Gasteiger partial charge in [-0.2, -0.15) is 4.98 Å². The van der Waals surface area contributed by atoms with Crippen LogP contribution in [0.4, 0.5) is 5.95 Å². The van der Waals surface area contributed by atoms with Crippen LogP contribution in [0, 0.1) is 0 Å². The van der Waals surface area contributed by atoms with Crippen molar-refractivity contribution in [1.82, 2.24) is 19.5 Å². The molecule has 0 radical (unpaired) electrons.